The van der Waals surface area contributed by atoms with Gasteiger partial charge in [0, 0.05) is 12.3 Å². The van der Waals surface area contributed by atoms with E-state index in [2.05, 4.69) is 20.8 Å². The molecule has 0 saturated carbocycles. The van der Waals surface area contributed by atoms with Crippen LogP contribution in [0.2, 0.25) is 0 Å². The summed E-state index contributed by atoms with van der Waals surface area (Å²) < 4.78 is 27.6. The highest BCUT2D eigenvalue weighted by Gasteiger charge is 2.24. The Morgan fingerprint density at radius 2 is 2.35 bits per heavy atom. The third-order valence-corrected chi connectivity index (χ3v) is 4.85. The number of hydrogen-bond acceptors (Lipinski definition) is 7. The lowest BCUT2D eigenvalue weighted by Gasteiger charge is -2.02. The predicted molar refractivity (Wildman–Crippen MR) is 70.9 cm³/mol. The average molecular weight is 302 g/mol. The number of nitrogens with zero attached hydrogens (tertiary/aromatic N) is 2. The van der Waals surface area contributed by atoms with Crippen LogP contribution in [0.5, 0.6) is 0 Å². The predicted octanol–water partition coefficient (Wildman–Crippen LogP) is -0.341. The van der Waals surface area contributed by atoms with Gasteiger partial charge in [-0.1, -0.05) is 12.1 Å². The quantitative estimate of drug-likeness (QED) is 0.738. The zero-order chi connectivity index (χ0) is 14.6. The molecule has 2 rings (SSSR count). The number of carbonyl (C=O) groups is 1. The Morgan fingerprint density at radius 3 is 3.00 bits per heavy atom. The number of nitrogens with one attached hydrogen (secondary N) is 2. The molecule has 0 aromatic carbocycles. The molecule has 2 N–H and O–H groups in total. The molecule has 1 aromatic heterocycles. The fourth-order valence-corrected chi connectivity index (χ4v) is 2.61. The van der Waals surface area contributed by atoms with Crippen molar-refractivity contribution in [1.82, 2.24) is 20.8 Å². The molecule has 1 amide bonds. The fraction of sp³-hybridized carbons (Fsp3) is 0.727. The van der Waals surface area contributed by atoms with Gasteiger partial charge in [0.1, 0.15) is 0 Å². The Morgan fingerprint density at radius 1 is 1.55 bits per heavy atom. The first-order valence-corrected chi connectivity index (χ1v) is 8.39. The van der Waals surface area contributed by atoms with E-state index in [1.54, 1.807) is 6.92 Å². The average Bonchev–Trinajstić information content (AvgIpc) is 3.09. The second kappa shape index (κ2) is 6.31. The van der Waals surface area contributed by atoms with Crippen LogP contribution in [-0.4, -0.2) is 49.1 Å². The van der Waals surface area contributed by atoms with Gasteiger partial charge in [-0.2, -0.15) is 4.98 Å². The fourth-order valence-electron chi connectivity index (χ4n) is 1.91. The van der Waals surface area contributed by atoms with E-state index < -0.39 is 15.7 Å². The van der Waals surface area contributed by atoms with E-state index in [1.165, 1.54) is 0 Å². The molecule has 0 aliphatic carbocycles. The minimum Gasteiger partial charge on any atom is -0.348 e. The van der Waals surface area contributed by atoms with Crippen molar-refractivity contribution in [1.29, 1.82) is 0 Å². The zero-order valence-corrected chi connectivity index (χ0v) is 12.1. The molecule has 1 aliphatic rings. The van der Waals surface area contributed by atoms with E-state index in [4.69, 9.17) is 4.52 Å². The summed E-state index contributed by atoms with van der Waals surface area (Å²) in [5.74, 6) is -0.229. The maximum Gasteiger partial charge on any atom is 0.292 e. The molecule has 20 heavy (non-hydrogen) atoms. The van der Waals surface area contributed by atoms with Crippen LogP contribution >= 0.6 is 0 Å². The third-order valence-electron chi connectivity index (χ3n) is 3.14. The minimum absolute atomic E-state index is 0.00418. The number of amides is 1. The maximum atomic E-state index is 11.7. The smallest absolute Gasteiger partial charge is 0.292 e. The first-order chi connectivity index (χ1) is 9.52. The number of sulfone groups is 1. The lowest BCUT2D eigenvalue weighted by atomic mass is 10.2. The normalized spacial score (nSPS) is 19.1. The molecule has 0 bridgehead atoms. The Labute approximate surface area is 117 Å². The molecule has 0 spiro atoms. The van der Waals surface area contributed by atoms with Crippen molar-refractivity contribution in [2.45, 2.75) is 25.8 Å². The van der Waals surface area contributed by atoms with E-state index in [1.807, 2.05) is 0 Å². The van der Waals surface area contributed by atoms with Gasteiger partial charge in [-0.25, -0.2) is 8.42 Å². The molecule has 1 aromatic rings. The summed E-state index contributed by atoms with van der Waals surface area (Å²) in [5, 5.41) is 9.27. The van der Waals surface area contributed by atoms with Crippen molar-refractivity contribution in [2.24, 2.45) is 0 Å². The molecule has 112 valence electrons. The molecule has 9 heteroatoms. The molecule has 1 aliphatic heterocycles. The first-order valence-electron chi connectivity index (χ1n) is 6.57. The standard InChI is InChI=1S/C11H18N4O4S/c1-2-20(17,18)7-6-13-10(16)9-14-11(19-15-9)8-4-3-5-12-8/h8,12H,2-7H2,1H3,(H,13,16). The van der Waals surface area contributed by atoms with Crippen LogP contribution in [0.3, 0.4) is 0 Å². The van der Waals surface area contributed by atoms with E-state index >= 15 is 0 Å². The van der Waals surface area contributed by atoms with Gasteiger partial charge in [0.25, 0.3) is 11.7 Å². The van der Waals surface area contributed by atoms with Crippen LogP contribution in [0, 0.1) is 0 Å². The van der Waals surface area contributed by atoms with Crippen LogP contribution in [0.4, 0.5) is 0 Å². The Kier molecular flexibility index (Phi) is 4.71. The summed E-state index contributed by atoms with van der Waals surface area (Å²) in [7, 11) is -3.09. The van der Waals surface area contributed by atoms with Crippen molar-refractivity contribution < 1.29 is 17.7 Å². The van der Waals surface area contributed by atoms with Crippen LogP contribution in [0.25, 0.3) is 0 Å². The summed E-state index contributed by atoms with van der Waals surface area (Å²) in [6, 6.07) is 0.00418. The summed E-state index contributed by atoms with van der Waals surface area (Å²) in [6.07, 6.45) is 1.93. The molecule has 1 saturated heterocycles. The molecule has 8 nitrogen and oxygen atoms in total. The van der Waals surface area contributed by atoms with Crippen LogP contribution in [0.1, 0.15) is 42.3 Å². The van der Waals surface area contributed by atoms with Crippen molar-refractivity contribution in [3.05, 3.63) is 11.7 Å². The Hall–Kier alpha value is -1.48. The summed E-state index contributed by atoms with van der Waals surface area (Å²) in [4.78, 5) is 15.8. The summed E-state index contributed by atoms with van der Waals surface area (Å²) >= 11 is 0. The molecular formula is C11H18N4O4S. The van der Waals surface area contributed by atoms with Gasteiger partial charge in [0.2, 0.25) is 5.89 Å². The lowest BCUT2D eigenvalue weighted by molar-refractivity contribution is 0.0943. The maximum absolute atomic E-state index is 11.7. The van der Waals surface area contributed by atoms with Crippen molar-refractivity contribution in [2.75, 3.05) is 24.6 Å². The molecule has 2 heterocycles. The van der Waals surface area contributed by atoms with E-state index in [0.29, 0.717) is 5.89 Å². The molecule has 0 radical (unpaired) electrons. The van der Waals surface area contributed by atoms with E-state index in [-0.39, 0.29) is 29.9 Å². The van der Waals surface area contributed by atoms with Crippen LogP contribution in [-0.2, 0) is 9.84 Å². The molecule has 1 fully saturated rings. The second-order valence-electron chi connectivity index (χ2n) is 4.60. The van der Waals surface area contributed by atoms with Crippen LogP contribution in [0.15, 0.2) is 4.52 Å². The van der Waals surface area contributed by atoms with E-state index in [0.717, 1.165) is 19.4 Å². The van der Waals surface area contributed by atoms with Gasteiger partial charge in [0.15, 0.2) is 9.84 Å². The Bertz CT molecular complexity index is 563. The van der Waals surface area contributed by atoms with Gasteiger partial charge in [-0.05, 0) is 19.4 Å². The van der Waals surface area contributed by atoms with Crippen LogP contribution < -0.4 is 10.6 Å². The van der Waals surface area contributed by atoms with E-state index in [9.17, 15) is 13.2 Å². The first kappa shape index (κ1) is 14.9. The van der Waals surface area contributed by atoms with Gasteiger partial charge in [-0.3, -0.25) is 4.79 Å². The largest absolute Gasteiger partial charge is 0.348 e. The monoisotopic (exact) mass is 302 g/mol. The van der Waals surface area contributed by atoms with Crippen molar-refractivity contribution in [3.8, 4) is 0 Å². The molecule has 1 unspecified atom stereocenters. The third kappa shape index (κ3) is 3.76. The highest BCUT2D eigenvalue weighted by atomic mass is 32.2. The van der Waals surface area contributed by atoms with Crippen molar-refractivity contribution in [3.63, 3.8) is 0 Å². The highest BCUT2D eigenvalue weighted by Crippen LogP contribution is 2.20. The number of hydrogen-bond donors (Lipinski definition) is 2. The SMILES string of the molecule is CCS(=O)(=O)CCNC(=O)c1noc(C2CCCN2)n1. The second-order valence-corrected chi connectivity index (χ2v) is 7.07. The lowest BCUT2D eigenvalue weighted by Crippen LogP contribution is -2.30. The summed E-state index contributed by atoms with van der Waals surface area (Å²) in [5.41, 5.74) is 0. The van der Waals surface area contributed by atoms with Gasteiger partial charge in [0.05, 0.1) is 11.8 Å². The minimum atomic E-state index is -3.09. The number of rotatable bonds is 6. The van der Waals surface area contributed by atoms with Gasteiger partial charge >= 0.3 is 0 Å². The van der Waals surface area contributed by atoms with Gasteiger partial charge < -0.3 is 15.2 Å². The van der Waals surface area contributed by atoms with Gasteiger partial charge in [-0.15, -0.1) is 0 Å². The Balaban J connectivity index is 1.86. The van der Waals surface area contributed by atoms with Crippen molar-refractivity contribution >= 4 is 15.7 Å². The molecular weight excluding hydrogens is 284 g/mol. The number of aromatic nitrogens is 2. The molecule has 1 atom stereocenters. The topological polar surface area (TPSA) is 114 Å². The highest BCUT2D eigenvalue weighted by molar-refractivity contribution is 7.91. The number of carbonyl (C=O) groups excluding carboxylic acids is 1. The zero-order valence-electron chi connectivity index (χ0n) is 11.3. The summed E-state index contributed by atoms with van der Waals surface area (Å²) in [6.45, 7) is 2.50.